The monoisotopic (exact) mass is 603 g/mol. The molecule has 11 heteroatoms. The Morgan fingerprint density at radius 1 is 1.02 bits per heavy atom. The van der Waals surface area contributed by atoms with Gasteiger partial charge in [-0.2, -0.15) is 0 Å². The van der Waals surface area contributed by atoms with E-state index in [2.05, 4.69) is 5.32 Å². The Balaban J connectivity index is 2.07. The maximum Gasteiger partial charge on any atom is 0.244 e. The van der Waals surface area contributed by atoms with Crippen molar-refractivity contribution in [2.75, 3.05) is 30.8 Å². The fourth-order valence-electron chi connectivity index (χ4n) is 4.30. The maximum atomic E-state index is 14.1. The number of benzene rings is 3. The molecule has 0 bridgehead atoms. The first-order valence-corrected chi connectivity index (χ1v) is 15.4. The van der Waals surface area contributed by atoms with Crippen molar-refractivity contribution in [2.45, 2.75) is 38.8 Å². The fraction of sp³-hybridized carbons (Fsp3) is 0.333. The first kappa shape index (κ1) is 31.9. The van der Waals surface area contributed by atoms with Gasteiger partial charge in [0.15, 0.2) is 0 Å². The lowest BCUT2D eigenvalue weighted by molar-refractivity contribution is -0.140. The average Bonchev–Trinajstić information content (AvgIpc) is 2.94. The highest BCUT2D eigenvalue weighted by molar-refractivity contribution is 7.92. The van der Waals surface area contributed by atoms with Gasteiger partial charge in [0.25, 0.3) is 0 Å². The quantitative estimate of drug-likeness (QED) is 0.267. The second-order valence-electron chi connectivity index (χ2n) is 9.58. The molecule has 1 atom stereocenters. The van der Waals surface area contributed by atoms with Crippen molar-refractivity contribution >= 4 is 39.1 Å². The van der Waals surface area contributed by atoms with Crippen molar-refractivity contribution in [1.29, 1.82) is 0 Å². The molecule has 2 amide bonds. The van der Waals surface area contributed by atoms with Gasteiger partial charge in [0.1, 0.15) is 24.2 Å². The van der Waals surface area contributed by atoms with Crippen molar-refractivity contribution in [2.24, 2.45) is 0 Å². The molecule has 0 aliphatic rings. The number of nitrogens with one attached hydrogen (secondary N) is 1. The second kappa shape index (κ2) is 14.8. The summed E-state index contributed by atoms with van der Waals surface area (Å²) in [7, 11) is -2.62. The van der Waals surface area contributed by atoms with Gasteiger partial charge in [0.2, 0.25) is 21.8 Å². The molecule has 0 heterocycles. The molecule has 0 saturated carbocycles. The van der Waals surface area contributed by atoms with Crippen LogP contribution in [-0.2, 0) is 32.6 Å². The van der Waals surface area contributed by atoms with E-state index in [0.29, 0.717) is 12.1 Å². The lowest BCUT2D eigenvalue weighted by Crippen LogP contribution is -2.53. The fourth-order valence-corrected chi connectivity index (χ4v) is 5.31. The zero-order valence-corrected chi connectivity index (χ0v) is 24.9. The number of hydrogen-bond acceptors (Lipinski definition) is 5. The van der Waals surface area contributed by atoms with Gasteiger partial charge in [-0.3, -0.25) is 13.9 Å². The SMILES string of the molecule is CCCCNC(=O)[C@@H](Cc1ccccc1)N(Cc1ccc(F)cc1)C(=O)CN(c1cc(Cl)ccc1OC)S(C)(=O)=O. The summed E-state index contributed by atoms with van der Waals surface area (Å²) >= 11 is 6.17. The Morgan fingerprint density at radius 2 is 1.71 bits per heavy atom. The minimum absolute atomic E-state index is 0.0535. The highest BCUT2D eigenvalue weighted by atomic mass is 35.5. The van der Waals surface area contributed by atoms with E-state index in [-0.39, 0.29) is 35.3 Å². The normalized spacial score (nSPS) is 11.9. The van der Waals surface area contributed by atoms with Crippen LogP contribution in [0.5, 0.6) is 5.75 Å². The lowest BCUT2D eigenvalue weighted by Gasteiger charge is -2.33. The van der Waals surface area contributed by atoms with E-state index in [4.69, 9.17) is 16.3 Å². The maximum absolute atomic E-state index is 14.1. The van der Waals surface area contributed by atoms with Gasteiger partial charge in [0, 0.05) is 24.5 Å². The number of sulfonamides is 1. The summed E-state index contributed by atoms with van der Waals surface area (Å²) in [6.45, 7) is 1.75. The number of amides is 2. The van der Waals surface area contributed by atoms with Crippen molar-refractivity contribution in [3.8, 4) is 5.75 Å². The topological polar surface area (TPSA) is 96.0 Å². The summed E-state index contributed by atoms with van der Waals surface area (Å²) in [6, 6.07) is 18.3. The molecular formula is C30H35ClFN3O5S. The van der Waals surface area contributed by atoms with E-state index in [1.807, 2.05) is 37.3 Å². The van der Waals surface area contributed by atoms with Gasteiger partial charge < -0.3 is 15.0 Å². The molecule has 3 aromatic carbocycles. The van der Waals surface area contributed by atoms with Crippen LogP contribution >= 0.6 is 11.6 Å². The molecular weight excluding hydrogens is 569 g/mol. The third-order valence-electron chi connectivity index (χ3n) is 6.46. The highest BCUT2D eigenvalue weighted by Gasteiger charge is 2.33. The third-order valence-corrected chi connectivity index (χ3v) is 7.82. The van der Waals surface area contributed by atoms with E-state index >= 15 is 0 Å². The van der Waals surface area contributed by atoms with Crippen molar-refractivity contribution in [3.63, 3.8) is 0 Å². The molecule has 41 heavy (non-hydrogen) atoms. The Kier molecular flexibility index (Phi) is 11.5. The van der Waals surface area contributed by atoms with Crippen LogP contribution in [0.3, 0.4) is 0 Å². The molecule has 3 aromatic rings. The van der Waals surface area contributed by atoms with E-state index < -0.39 is 34.3 Å². The number of carbonyl (C=O) groups is 2. The molecule has 0 saturated heterocycles. The standard InChI is InChI=1S/C30H35ClFN3O5S/c1-4-5-17-33-30(37)27(18-22-9-7-6-8-10-22)34(20-23-11-14-25(32)15-12-23)29(36)21-35(41(3,38)39)26-19-24(31)13-16-28(26)40-2/h6-16,19,27H,4-5,17-18,20-21H2,1-3H3,(H,33,37)/t27-/m1/s1. The summed E-state index contributed by atoms with van der Waals surface area (Å²) < 4.78 is 45.9. The van der Waals surface area contributed by atoms with E-state index in [1.165, 1.54) is 48.4 Å². The van der Waals surface area contributed by atoms with Crippen LogP contribution in [0.15, 0.2) is 72.8 Å². The molecule has 0 aliphatic carbocycles. The molecule has 220 valence electrons. The minimum atomic E-state index is -4.00. The van der Waals surface area contributed by atoms with E-state index in [0.717, 1.165) is 29.0 Å². The van der Waals surface area contributed by atoms with Crippen LogP contribution in [0.4, 0.5) is 10.1 Å². The number of hydrogen-bond donors (Lipinski definition) is 1. The van der Waals surface area contributed by atoms with Crippen LogP contribution in [0, 0.1) is 5.82 Å². The van der Waals surface area contributed by atoms with Crippen LogP contribution in [0.25, 0.3) is 0 Å². The Labute approximate surface area is 246 Å². The number of carbonyl (C=O) groups excluding carboxylic acids is 2. The number of halogens is 2. The number of ether oxygens (including phenoxy) is 1. The molecule has 0 fully saturated rings. The van der Waals surface area contributed by atoms with Crippen LogP contribution < -0.4 is 14.4 Å². The average molecular weight is 604 g/mol. The Hall–Kier alpha value is -3.63. The summed E-state index contributed by atoms with van der Waals surface area (Å²) in [4.78, 5) is 29.0. The third kappa shape index (κ3) is 9.19. The van der Waals surface area contributed by atoms with Gasteiger partial charge >= 0.3 is 0 Å². The zero-order chi connectivity index (χ0) is 30.0. The van der Waals surface area contributed by atoms with E-state index in [9.17, 15) is 22.4 Å². The summed E-state index contributed by atoms with van der Waals surface area (Å²) in [6.07, 6.45) is 2.79. The van der Waals surface area contributed by atoms with Crippen molar-refractivity contribution in [1.82, 2.24) is 10.2 Å². The first-order valence-electron chi connectivity index (χ1n) is 13.2. The molecule has 0 aromatic heterocycles. The van der Waals surface area contributed by atoms with Crippen LogP contribution in [-0.4, -0.2) is 57.6 Å². The van der Waals surface area contributed by atoms with Gasteiger partial charge in [-0.25, -0.2) is 12.8 Å². The van der Waals surface area contributed by atoms with Crippen molar-refractivity contribution in [3.05, 3.63) is 94.8 Å². The van der Waals surface area contributed by atoms with Crippen LogP contribution in [0.1, 0.15) is 30.9 Å². The molecule has 0 aliphatic heterocycles. The summed E-state index contributed by atoms with van der Waals surface area (Å²) in [5, 5.41) is 3.17. The Morgan fingerprint density at radius 3 is 2.32 bits per heavy atom. The minimum Gasteiger partial charge on any atom is -0.495 e. The molecule has 8 nitrogen and oxygen atoms in total. The molecule has 0 unspecified atom stereocenters. The first-order chi connectivity index (χ1) is 19.5. The number of unbranched alkanes of at least 4 members (excludes halogenated alkanes) is 1. The Bertz CT molecular complexity index is 1420. The van der Waals surface area contributed by atoms with E-state index in [1.54, 1.807) is 6.07 Å². The molecule has 0 spiro atoms. The van der Waals surface area contributed by atoms with Gasteiger partial charge in [-0.15, -0.1) is 0 Å². The summed E-state index contributed by atoms with van der Waals surface area (Å²) in [5.41, 5.74) is 1.48. The molecule has 0 radical (unpaired) electrons. The molecule has 1 N–H and O–H groups in total. The van der Waals surface area contributed by atoms with Gasteiger partial charge in [-0.1, -0.05) is 67.4 Å². The largest absolute Gasteiger partial charge is 0.495 e. The van der Waals surface area contributed by atoms with Crippen molar-refractivity contribution < 1.29 is 27.1 Å². The lowest BCUT2D eigenvalue weighted by atomic mass is 10.0. The van der Waals surface area contributed by atoms with Gasteiger partial charge in [0.05, 0.1) is 19.1 Å². The highest BCUT2D eigenvalue weighted by Crippen LogP contribution is 2.33. The number of anilines is 1. The van der Waals surface area contributed by atoms with Crippen LogP contribution in [0.2, 0.25) is 5.02 Å². The summed E-state index contributed by atoms with van der Waals surface area (Å²) in [5.74, 6) is -1.24. The zero-order valence-electron chi connectivity index (χ0n) is 23.3. The second-order valence-corrected chi connectivity index (χ2v) is 11.9. The number of methoxy groups -OCH3 is 1. The smallest absolute Gasteiger partial charge is 0.244 e. The predicted octanol–water partition coefficient (Wildman–Crippen LogP) is 4.81. The predicted molar refractivity (Wildman–Crippen MR) is 159 cm³/mol. The molecule has 3 rings (SSSR count). The van der Waals surface area contributed by atoms with Gasteiger partial charge in [-0.05, 0) is 47.9 Å². The number of rotatable bonds is 14. The number of nitrogens with zero attached hydrogens (tertiary/aromatic N) is 2.